The maximum absolute atomic E-state index is 11.7. The monoisotopic (exact) mass is 326 g/mol. The summed E-state index contributed by atoms with van der Waals surface area (Å²) in [5.41, 5.74) is 2.98. The van der Waals surface area contributed by atoms with Crippen molar-refractivity contribution in [1.29, 1.82) is 0 Å². The molecule has 0 aliphatic carbocycles. The first-order valence-corrected chi connectivity index (χ1v) is 8.31. The number of aromatic nitrogens is 1. The van der Waals surface area contributed by atoms with Gasteiger partial charge in [0.05, 0.1) is 5.92 Å². The fraction of sp³-hybridized carbons (Fsp3) is 0.368. The zero-order chi connectivity index (χ0) is 16.9. The molecule has 1 saturated heterocycles. The second-order valence-corrected chi connectivity index (χ2v) is 6.43. The number of likely N-dealkylation sites (tertiary alicyclic amines) is 1. The number of pyridine rings is 1. The Labute approximate surface area is 140 Å². The third kappa shape index (κ3) is 4.11. The summed E-state index contributed by atoms with van der Waals surface area (Å²) in [7, 11) is 0. The zero-order valence-electron chi connectivity index (χ0n) is 13.6. The molecule has 1 aromatic carbocycles. The molecule has 0 radical (unpaired) electrons. The van der Waals surface area contributed by atoms with Crippen LogP contribution in [0.2, 0.25) is 0 Å². The van der Waals surface area contributed by atoms with E-state index in [1.165, 1.54) is 5.56 Å². The number of piperidine rings is 1. The molecule has 1 fully saturated rings. The molecular formula is C19H22N2O3. The van der Waals surface area contributed by atoms with Crippen molar-refractivity contribution in [2.75, 3.05) is 13.1 Å². The molecule has 1 aromatic heterocycles. The molecule has 2 aromatic rings. The summed E-state index contributed by atoms with van der Waals surface area (Å²) in [5, 5.41) is 9.17. The number of nitrogens with zero attached hydrogens (tertiary/aromatic N) is 1. The number of nitrogens with one attached hydrogen (secondary N) is 1. The number of aliphatic carboxylic acids is 1. The van der Waals surface area contributed by atoms with Crippen LogP contribution in [0.3, 0.4) is 0 Å². The molecule has 0 saturated carbocycles. The molecule has 1 unspecified atom stereocenters. The van der Waals surface area contributed by atoms with E-state index in [2.05, 4.69) is 22.0 Å². The van der Waals surface area contributed by atoms with E-state index in [9.17, 15) is 9.59 Å². The van der Waals surface area contributed by atoms with Crippen LogP contribution < -0.4 is 5.56 Å². The standard InChI is InChI=1S/C19H22N2O3/c22-18-16(3-1-9-20-18)11-14-5-7-15(8-6-14)12-21-10-2-4-17(13-21)19(23)24/h1,3,5-9,17H,2,4,10-13H2,(H,20,22)(H,23,24). The molecule has 2 heterocycles. The average Bonchev–Trinajstić information content (AvgIpc) is 2.59. The molecule has 3 rings (SSSR count). The fourth-order valence-corrected chi connectivity index (χ4v) is 3.24. The summed E-state index contributed by atoms with van der Waals surface area (Å²) < 4.78 is 0. The fourth-order valence-electron chi connectivity index (χ4n) is 3.24. The van der Waals surface area contributed by atoms with Gasteiger partial charge in [0.15, 0.2) is 0 Å². The van der Waals surface area contributed by atoms with Gasteiger partial charge in [-0.25, -0.2) is 0 Å². The van der Waals surface area contributed by atoms with E-state index < -0.39 is 5.97 Å². The van der Waals surface area contributed by atoms with Crippen molar-refractivity contribution >= 4 is 5.97 Å². The van der Waals surface area contributed by atoms with Crippen molar-refractivity contribution in [2.45, 2.75) is 25.8 Å². The van der Waals surface area contributed by atoms with Crippen molar-refractivity contribution in [1.82, 2.24) is 9.88 Å². The van der Waals surface area contributed by atoms with Gasteiger partial charge >= 0.3 is 5.97 Å². The highest BCUT2D eigenvalue weighted by Gasteiger charge is 2.25. The van der Waals surface area contributed by atoms with Crippen LogP contribution in [0.15, 0.2) is 47.4 Å². The Morgan fingerprint density at radius 3 is 2.67 bits per heavy atom. The number of H-pyrrole nitrogens is 1. The van der Waals surface area contributed by atoms with E-state index in [0.29, 0.717) is 13.0 Å². The maximum atomic E-state index is 11.7. The maximum Gasteiger partial charge on any atom is 0.307 e. The lowest BCUT2D eigenvalue weighted by atomic mass is 9.97. The number of aromatic amines is 1. The minimum absolute atomic E-state index is 0.0467. The number of carbonyl (C=O) groups is 1. The third-order valence-corrected chi connectivity index (χ3v) is 4.58. The number of rotatable bonds is 5. The van der Waals surface area contributed by atoms with Crippen LogP contribution in [0.4, 0.5) is 0 Å². The number of benzene rings is 1. The molecule has 2 N–H and O–H groups in total. The van der Waals surface area contributed by atoms with Gasteiger partial charge in [-0.1, -0.05) is 30.3 Å². The smallest absolute Gasteiger partial charge is 0.307 e. The van der Waals surface area contributed by atoms with E-state index in [-0.39, 0.29) is 11.5 Å². The number of carboxylic acids is 1. The summed E-state index contributed by atoms with van der Waals surface area (Å²) in [6.45, 7) is 2.34. The highest BCUT2D eigenvalue weighted by Crippen LogP contribution is 2.19. The van der Waals surface area contributed by atoms with Gasteiger partial charge in [-0.15, -0.1) is 0 Å². The minimum Gasteiger partial charge on any atom is -0.481 e. The molecule has 1 atom stereocenters. The molecule has 126 valence electrons. The predicted octanol–water partition coefficient (Wildman–Crippen LogP) is 2.26. The van der Waals surface area contributed by atoms with Gasteiger partial charge in [-0.05, 0) is 36.6 Å². The first-order valence-electron chi connectivity index (χ1n) is 8.31. The van der Waals surface area contributed by atoms with Crippen LogP contribution in [0, 0.1) is 5.92 Å². The highest BCUT2D eigenvalue weighted by atomic mass is 16.4. The first-order chi connectivity index (χ1) is 11.6. The lowest BCUT2D eigenvalue weighted by Crippen LogP contribution is -2.38. The Morgan fingerprint density at radius 1 is 1.21 bits per heavy atom. The van der Waals surface area contributed by atoms with Gasteiger partial charge in [0, 0.05) is 31.3 Å². The average molecular weight is 326 g/mol. The lowest BCUT2D eigenvalue weighted by molar-refractivity contribution is -0.143. The molecule has 5 nitrogen and oxygen atoms in total. The van der Waals surface area contributed by atoms with Crippen LogP contribution in [-0.2, 0) is 17.8 Å². The number of hydrogen-bond donors (Lipinski definition) is 2. The highest BCUT2D eigenvalue weighted by molar-refractivity contribution is 5.70. The molecule has 1 aliphatic heterocycles. The molecule has 0 bridgehead atoms. The Balaban J connectivity index is 1.61. The normalized spacial score (nSPS) is 18.4. The molecule has 0 spiro atoms. The summed E-state index contributed by atoms with van der Waals surface area (Å²) in [6.07, 6.45) is 3.96. The van der Waals surface area contributed by atoms with Gasteiger partial charge in [0.2, 0.25) is 0 Å². The van der Waals surface area contributed by atoms with Gasteiger partial charge in [0.25, 0.3) is 5.56 Å². The van der Waals surface area contributed by atoms with Crippen molar-refractivity contribution in [3.05, 3.63) is 69.6 Å². The third-order valence-electron chi connectivity index (χ3n) is 4.58. The van der Waals surface area contributed by atoms with Crippen molar-refractivity contribution < 1.29 is 9.90 Å². The van der Waals surface area contributed by atoms with Gasteiger partial charge in [0.1, 0.15) is 0 Å². The molecule has 1 aliphatic rings. The SMILES string of the molecule is O=C(O)C1CCCN(Cc2ccc(Cc3ccc[nH]c3=O)cc2)C1. The molecule has 24 heavy (non-hydrogen) atoms. The van der Waals surface area contributed by atoms with Crippen LogP contribution in [0.1, 0.15) is 29.5 Å². The largest absolute Gasteiger partial charge is 0.481 e. The van der Waals surface area contributed by atoms with Gasteiger partial charge in [-0.2, -0.15) is 0 Å². The summed E-state index contributed by atoms with van der Waals surface area (Å²) in [4.78, 5) is 27.8. The summed E-state index contributed by atoms with van der Waals surface area (Å²) in [5.74, 6) is -0.939. The van der Waals surface area contributed by atoms with E-state index in [0.717, 1.165) is 37.1 Å². The van der Waals surface area contributed by atoms with Crippen molar-refractivity contribution in [2.24, 2.45) is 5.92 Å². The summed E-state index contributed by atoms with van der Waals surface area (Å²) >= 11 is 0. The Hall–Kier alpha value is -2.40. The van der Waals surface area contributed by atoms with E-state index in [1.807, 2.05) is 24.3 Å². The second kappa shape index (κ2) is 7.45. The van der Waals surface area contributed by atoms with E-state index >= 15 is 0 Å². The van der Waals surface area contributed by atoms with Crippen LogP contribution in [0.25, 0.3) is 0 Å². The van der Waals surface area contributed by atoms with Crippen LogP contribution >= 0.6 is 0 Å². The summed E-state index contributed by atoms with van der Waals surface area (Å²) in [6, 6.07) is 11.9. The Morgan fingerprint density at radius 2 is 1.96 bits per heavy atom. The topological polar surface area (TPSA) is 73.4 Å². The lowest BCUT2D eigenvalue weighted by Gasteiger charge is -2.30. The zero-order valence-corrected chi connectivity index (χ0v) is 13.6. The Bertz CT molecular complexity index is 752. The molecule has 0 amide bonds. The first kappa shape index (κ1) is 16.5. The van der Waals surface area contributed by atoms with E-state index in [1.54, 1.807) is 6.20 Å². The predicted molar refractivity (Wildman–Crippen MR) is 91.9 cm³/mol. The van der Waals surface area contributed by atoms with E-state index in [4.69, 9.17) is 5.11 Å². The van der Waals surface area contributed by atoms with Crippen molar-refractivity contribution in [3.63, 3.8) is 0 Å². The second-order valence-electron chi connectivity index (χ2n) is 6.43. The number of hydrogen-bond acceptors (Lipinski definition) is 3. The number of carboxylic acid groups (broad SMARTS) is 1. The van der Waals surface area contributed by atoms with Crippen molar-refractivity contribution in [3.8, 4) is 0 Å². The Kier molecular flexibility index (Phi) is 5.11. The minimum atomic E-state index is -0.692. The van der Waals surface area contributed by atoms with Crippen LogP contribution in [0.5, 0.6) is 0 Å². The quantitative estimate of drug-likeness (QED) is 0.884. The van der Waals surface area contributed by atoms with Crippen LogP contribution in [-0.4, -0.2) is 34.0 Å². The molecule has 5 heteroatoms. The molecular weight excluding hydrogens is 304 g/mol. The van der Waals surface area contributed by atoms with Gasteiger partial charge in [-0.3, -0.25) is 14.5 Å². The van der Waals surface area contributed by atoms with Gasteiger partial charge < -0.3 is 10.1 Å².